The summed E-state index contributed by atoms with van der Waals surface area (Å²) in [5.74, 6) is -0.962. The molecule has 0 aliphatic rings. The Labute approximate surface area is 180 Å². The minimum Gasteiger partial charge on any atom is -0.339 e. The number of rotatable bonds is 9. The molecule has 2 aromatic carbocycles. The van der Waals surface area contributed by atoms with Gasteiger partial charge in [0.25, 0.3) is 11.6 Å². The number of anilines is 2. The number of non-ortho nitro benzene ring substituents is 1. The molecule has 0 atom stereocenters. The van der Waals surface area contributed by atoms with Gasteiger partial charge in [0.1, 0.15) is 6.54 Å². The van der Waals surface area contributed by atoms with E-state index in [0.29, 0.717) is 13.1 Å². The van der Waals surface area contributed by atoms with E-state index in [1.165, 1.54) is 18.2 Å². The third-order valence-corrected chi connectivity index (χ3v) is 5.64. The van der Waals surface area contributed by atoms with Crippen LogP contribution < -0.4 is 9.62 Å². The highest BCUT2D eigenvalue weighted by molar-refractivity contribution is 7.92. The zero-order valence-electron chi connectivity index (χ0n) is 17.4. The lowest BCUT2D eigenvalue weighted by atomic mass is 10.1. The first-order chi connectivity index (χ1) is 14.6. The quantitative estimate of drug-likeness (QED) is 0.463. The van der Waals surface area contributed by atoms with Crippen LogP contribution in [0.25, 0.3) is 0 Å². The molecule has 0 bridgehead atoms. The Balaban J connectivity index is 2.31. The third-order valence-electron chi connectivity index (χ3n) is 4.50. The van der Waals surface area contributed by atoms with Crippen molar-refractivity contribution in [1.29, 1.82) is 0 Å². The number of hydrogen-bond donors (Lipinski definition) is 1. The maximum absolute atomic E-state index is 12.7. The van der Waals surface area contributed by atoms with E-state index in [-0.39, 0.29) is 28.5 Å². The number of sulfonamides is 1. The van der Waals surface area contributed by atoms with Gasteiger partial charge in [0.2, 0.25) is 15.9 Å². The van der Waals surface area contributed by atoms with Crippen LogP contribution in [0.2, 0.25) is 0 Å². The second-order valence-electron chi connectivity index (χ2n) is 6.62. The van der Waals surface area contributed by atoms with E-state index in [2.05, 4.69) is 5.32 Å². The van der Waals surface area contributed by atoms with E-state index in [9.17, 15) is 28.1 Å². The van der Waals surface area contributed by atoms with Crippen molar-refractivity contribution in [3.63, 3.8) is 0 Å². The Bertz CT molecular complexity index is 1080. The molecule has 2 aromatic rings. The van der Waals surface area contributed by atoms with Gasteiger partial charge in [0, 0.05) is 25.2 Å². The van der Waals surface area contributed by atoms with E-state index in [0.717, 1.165) is 16.6 Å². The van der Waals surface area contributed by atoms with Crippen LogP contribution in [0, 0.1) is 10.1 Å². The van der Waals surface area contributed by atoms with Crippen LogP contribution in [0.5, 0.6) is 0 Å². The van der Waals surface area contributed by atoms with Gasteiger partial charge in [-0.2, -0.15) is 0 Å². The average molecular weight is 449 g/mol. The minimum absolute atomic E-state index is 0.0145. The maximum Gasteiger partial charge on any atom is 0.271 e. The molecule has 0 saturated carbocycles. The largest absolute Gasteiger partial charge is 0.339 e. The standard InChI is InChI=1S/C20H24N4O6S/c1-4-22(5-2)20(26)17-11-6-7-12-18(17)21-19(25)14-23(31(3,29)30)15-9-8-10-16(13-15)24(27)28/h6-13H,4-5,14H2,1-3H3,(H,21,25). The molecule has 2 amide bonds. The monoisotopic (exact) mass is 448 g/mol. The van der Waals surface area contributed by atoms with E-state index in [1.54, 1.807) is 29.2 Å². The van der Waals surface area contributed by atoms with Gasteiger partial charge in [0.15, 0.2) is 0 Å². The molecule has 0 heterocycles. The van der Waals surface area contributed by atoms with Crippen molar-refractivity contribution < 1.29 is 22.9 Å². The number of nitrogens with one attached hydrogen (secondary N) is 1. The Morgan fingerprint density at radius 1 is 1.06 bits per heavy atom. The molecular formula is C20H24N4O6S. The van der Waals surface area contributed by atoms with Crippen molar-refractivity contribution in [3.8, 4) is 0 Å². The van der Waals surface area contributed by atoms with Gasteiger partial charge >= 0.3 is 0 Å². The Morgan fingerprint density at radius 3 is 2.29 bits per heavy atom. The number of benzene rings is 2. The normalized spacial score (nSPS) is 10.9. The molecule has 10 nitrogen and oxygen atoms in total. The molecule has 0 spiro atoms. The molecule has 0 aliphatic heterocycles. The SMILES string of the molecule is CCN(CC)C(=O)c1ccccc1NC(=O)CN(c1cccc([N+](=O)[O-])c1)S(C)(=O)=O. The number of hydrogen-bond acceptors (Lipinski definition) is 6. The first kappa shape index (κ1) is 23.8. The molecule has 31 heavy (non-hydrogen) atoms. The molecule has 0 radical (unpaired) electrons. The first-order valence-electron chi connectivity index (χ1n) is 9.48. The number of carbonyl (C=O) groups is 2. The predicted octanol–water partition coefficient (Wildman–Crippen LogP) is 2.48. The van der Waals surface area contributed by atoms with Crippen LogP contribution in [0.3, 0.4) is 0 Å². The summed E-state index contributed by atoms with van der Waals surface area (Å²) in [5.41, 5.74) is 0.207. The van der Waals surface area contributed by atoms with E-state index in [4.69, 9.17) is 0 Å². The van der Waals surface area contributed by atoms with E-state index in [1.807, 2.05) is 13.8 Å². The summed E-state index contributed by atoms with van der Waals surface area (Å²) in [4.78, 5) is 37.3. The van der Waals surface area contributed by atoms with E-state index >= 15 is 0 Å². The van der Waals surface area contributed by atoms with Crippen molar-refractivity contribution in [2.45, 2.75) is 13.8 Å². The average Bonchev–Trinajstić information content (AvgIpc) is 2.72. The molecule has 11 heteroatoms. The second-order valence-corrected chi connectivity index (χ2v) is 8.52. The topological polar surface area (TPSA) is 130 Å². The van der Waals surface area contributed by atoms with E-state index < -0.39 is 27.4 Å². The lowest BCUT2D eigenvalue weighted by molar-refractivity contribution is -0.384. The summed E-state index contributed by atoms with van der Waals surface area (Å²) >= 11 is 0. The summed E-state index contributed by atoms with van der Waals surface area (Å²) in [6.45, 7) is 4.05. The van der Waals surface area contributed by atoms with Crippen molar-refractivity contribution in [2.75, 3.05) is 35.5 Å². The molecule has 0 saturated heterocycles. The van der Waals surface area contributed by atoms with Crippen molar-refractivity contribution in [1.82, 2.24) is 4.90 Å². The Morgan fingerprint density at radius 2 is 1.71 bits per heavy atom. The van der Waals surface area contributed by atoms with Gasteiger partial charge in [-0.15, -0.1) is 0 Å². The fraction of sp³-hybridized carbons (Fsp3) is 0.300. The lowest BCUT2D eigenvalue weighted by Gasteiger charge is -2.23. The maximum atomic E-state index is 12.7. The second kappa shape index (κ2) is 10.0. The van der Waals surface area contributed by atoms with Crippen LogP contribution in [0.15, 0.2) is 48.5 Å². The molecule has 0 fully saturated rings. The number of para-hydroxylation sites is 1. The van der Waals surface area contributed by atoms with Crippen LogP contribution in [-0.4, -0.2) is 55.9 Å². The summed E-state index contributed by atoms with van der Waals surface area (Å²) in [5, 5.41) is 13.6. The molecule has 0 unspecified atom stereocenters. The minimum atomic E-state index is -3.92. The van der Waals surface area contributed by atoms with Crippen molar-refractivity contribution in [3.05, 3.63) is 64.2 Å². The van der Waals surface area contributed by atoms with Gasteiger partial charge in [-0.25, -0.2) is 8.42 Å². The highest BCUT2D eigenvalue weighted by Crippen LogP contribution is 2.23. The van der Waals surface area contributed by atoms with Gasteiger partial charge in [0.05, 0.1) is 28.1 Å². The fourth-order valence-corrected chi connectivity index (χ4v) is 3.79. The molecule has 2 rings (SSSR count). The summed E-state index contributed by atoms with van der Waals surface area (Å²) < 4.78 is 25.3. The molecule has 1 N–H and O–H groups in total. The zero-order valence-corrected chi connectivity index (χ0v) is 18.3. The van der Waals surface area contributed by atoms with Crippen LogP contribution in [0.4, 0.5) is 17.1 Å². The Hall–Kier alpha value is -3.47. The van der Waals surface area contributed by atoms with Crippen molar-refractivity contribution >= 4 is 38.9 Å². The molecular weight excluding hydrogens is 424 g/mol. The first-order valence-corrected chi connectivity index (χ1v) is 11.3. The molecule has 0 aromatic heterocycles. The van der Waals surface area contributed by atoms with Gasteiger partial charge in [-0.05, 0) is 32.0 Å². The fourth-order valence-electron chi connectivity index (χ4n) is 2.94. The summed E-state index contributed by atoms with van der Waals surface area (Å²) in [6.07, 6.45) is 0.900. The zero-order chi connectivity index (χ0) is 23.2. The summed E-state index contributed by atoms with van der Waals surface area (Å²) in [7, 11) is -3.92. The van der Waals surface area contributed by atoms with Gasteiger partial charge < -0.3 is 10.2 Å². The highest BCUT2D eigenvalue weighted by atomic mass is 32.2. The molecule has 166 valence electrons. The predicted molar refractivity (Wildman–Crippen MR) is 118 cm³/mol. The Kier molecular flexibility index (Phi) is 7.70. The van der Waals surface area contributed by atoms with Crippen LogP contribution >= 0.6 is 0 Å². The number of amides is 2. The third kappa shape index (κ3) is 6.01. The number of nitro groups is 1. The molecule has 0 aliphatic carbocycles. The number of nitro benzene ring substituents is 1. The van der Waals surface area contributed by atoms with Crippen molar-refractivity contribution in [2.24, 2.45) is 0 Å². The van der Waals surface area contributed by atoms with Gasteiger partial charge in [-0.3, -0.25) is 24.0 Å². The highest BCUT2D eigenvalue weighted by Gasteiger charge is 2.24. The number of carbonyl (C=O) groups excluding carboxylic acids is 2. The van der Waals surface area contributed by atoms with Gasteiger partial charge in [-0.1, -0.05) is 18.2 Å². The van der Waals surface area contributed by atoms with Crippen LogP contribution in [0.1, 0.15) is 24.2 Å². The summed E-state index contributed by atoms with van der Waals surface area (Å²) in [6, 6.07) is 11.4. The lowest BCUT2D eigenvalue weighted by Crippen LogP contribution is -2.38. The number of nitrogens with zero attached hydrogens (tertiary/aromatic N) is 3. The smallest absolute Gasteiger partial charge is 0.271 e. The van der Waals surface area contributed by atoms with Crippen LogP contribution in [-0.2, 0) is 14.8 Å².